The quantitative estimate of drug-likeness (QED) is 0.781. The molecule has 68 valence electrons. The minimum atomic E-state index is 0.762. The Hall–Kier alpha value is 0.390. The topological polar surface area (TPSA) is 25.8 Å². The summed E-state index contributed by atoms with van der Waals surface area (Å²) in [6.45, 7) is 4.46. The van der Waals surface area contributed by atoms with E-state index >= 15 is 0 Å². The lowest BCUT2D eigenvalue weighted by Gasteiger charge is -2.03. The van der Waals surface area contributed by atoms with Crippen LogP contribution in [0.15, 0.2) is 8.26 Å². The zero-order valence-electron chi connectivity index (χ0n) is 7.08. The van der Waals surface area contributed by atoms with E-state index in [0.29, 0.717) is 0 Å². The molecule has 0 radical (unpaired) electrons. The second-order valence-electron chi connectivity index (χ2n) is 2.65. The van der Waals surface area contributed by atoms with Crippen LogP contribution in [-0.2, 0) is 0 Å². The van der Waals surface area contributed by atoms with Crippen molar-refractivity contribution in [3.05, 3.63) is 3.92 Å². The number of hydrogen-bond donors (Lipinski definition) is 0. The zero-order valence-corrected chi connectivity index (χ0v) is 10.3. The van der Waals surface area contributed by atoms with Gasteiger partial charge in [0.25, 0.3) is 0 Å². The van der Waals surface area contributed by atoms with Gasteiger partial charge >= 0.3 is 0 Å². The number of halogens is 1. The van der Waals surface area contributed by atoms with E-state index < -0.39 is 0 Å². The van der Waals surface area contributed by atoms with Crippen LogP contribution in [0.1, 0.15) is 20.3 Å². The molecule has 0 saturated heterocycles. The molecule has 0 bridgehead atoms. The van der Waals surface area contributed by atoms with Gasteiger partial charge in [0, 0.05) is 5.75 Å². The summed E-state index contributed by atoms with van der Waals surface area (Å²) in [5.41, 5.74) is 0. The highest BCUT2D eigenvalue weighted by atomic mass is 79.9. The Balaban J connectivity index is 2.33. The lowest BCUT2D eigenvalue weighted by atomic mass is 10.2. The number of nitrogens with zero attached hydrogens (tertiary/aromatic N) is 2. The average molecular weight is 267 g/mol. The largest absolute Gasteiger partial charge is 0.184 e. The SMILES string of the molecule is CCC(C)CSc1nnc(Br)s1. The summed E-state index contributed by atoms with van der Waals surface area (Å²) in [6, 6.07) is 0. The van der Waals surface area contributed by atoms with Crippen molar-refractivity contribution in [2.75, 3.05) is 5.75 Å². The molecule has 0 saturated carbocycles. The van der Waals surface area contributed by atoms with Gasteiger partial charge in [-0.2, -0.15) is 0 Å². The van der Waals surface area contributed by atoms with Gasteiger partial charge in [-0.1, -0.05) is 43.4 Å². The van der Waals surface area contributed by atoms with Gasteiger partial charge in [-0.05, 0) is 21.8 Å². The molecular weight excluding hydrogens is 256 g/mol. The Morgan fingerprint density at radius 3 is 2.83 bits per heavy atom. The van der Waals surface area contributed by atoms with Crippen molar-refractivity contribution in [3.8, 4) is 0 Å². The van der Waals surface area contributed by atoms with Crippen molar-refractivity contribution in [1.82, 2.24) is 10.2 Å². The maximum absolute atomic E-state index is 4.01. The van der Waals surface area contributed by atoms with Crippen LogP contribution in [0.25, 0.3) is 0 Å². The molecule has 0 aliphatic rings. The number of aromatic nitrogens is 2. The summed E-state index contributed by atoms with van der Waals surface area (Å²) in [6.07, 6.45) is 1.23. The van der Waals surface area contributed by atoms with Gasteiger partial charge in [0.05, 0.1) is 0 Å². The van der Waals surface area contributed by atoms with Crippen LogP contribution in [0.3, 0.4) is 0 Å². The highest BCUT2D eigenvalue weighted by Gasteiger charge is 2.04. The molecule has 0 N–H and O–H groups in total. The fourth-order valence-electron chi connectivity index (χ4n) is 0.583. The molecule has 0 fully saturated rings. The predicted octanol–water partition coefficient (Wildman–Crippen LogP) is 3.44. The second-order valence-corrected chi connectivity index (χ2v) is 6.17. The van der Waals surface area contributed by atoms with Gasteiger partial charge < -0.3 is 0 Å². The second kappa shape index (κ2) is 5.19. The number of rotatable bonds is 4. The van der Waals surface area contributed by atoms with E-state index in [1.165, 1.54) is 6.42 Å². The van der Waals surface area contributed by atoms with Crippen molar-refractivity contribution in [2.45, 2.75) is 24.6 Å². The monoisotopic (exact) mass is 266 g/mol. The van der Waals surface area contributed by atoms with Crippen molar-refractivity contribution in [3.63, 3.8) is 0 Å². The summed E-state index contributed by atoms with van der Waals surface area (Å²) >= 11 is 6.67. The molecule has 1 unspecified atom stereocenters. The third-order valence-corrected chi connectivity index (χ3v) is 4.39. The summed E-state index contributed by atoms with van der Waals surface area (Å²) in [7, 11) is 0. The Morgan fingerprint density at radius 2 is 2.33 bits per heavy atom. The molecular formula is C7H11BrN2S2. The van der Waals surface area contributed by atoms with Gasteiger partial charge in [0.15, 0.2) is 8.26 Å². The molecule has 0 amide bonds. The normalized spacial score (nSPS) is 13.2. The molecule has 1 aromatic heterocycles. The summed E-state index contributed by atoms with van der Waals surface area (Å²) in [5.74, 6) is 1.90. The first-order valence-electron chi connectivity index (χ1n) is 3.84. The van der Waals surface area contributed by atoms with Crippen molar-refractivity contribution >= 4 is 39.0 Å². The predicted molar refractivity (Wildman–Crippen MR) is 57.8 cm³/mol. The van der Waals surface area contributed by atoms with Gasteiger partial charge in [0.2, 0.25) is 0 Å². The molecule has 1 heterocycles. The Labute approximate surface area is 89.3 Å². The van der Waals surface area contributed by atoms with Crippen LogP contribution in [0, 0.1) is 5.92 Å². The first-order chi connectivity index (χ1) is 5.72. The molecule has 5 heteroatoms. The van der Waals surface area contributed by atoms with Crippen molar-refractivity contribution in [2.24, 2.45) is 5.92 Å². The van der Waals surface area contributed by atoms with Gasteiger partial charge in [0.1, 0.15) is 0 Å². The smallest absolute Gasteiger partial charge is 0.131 e. The van der Waals surface area contributed by atoms with E-state index in [4.69, 9.17) is 0 Å². The number of thioether (sulfide) groups is 1. The molecule has 1 atom stereocenters. The Kier molecular flexibility index (Phi) is 4.53. The summed E-state index contributed by atoms with van der Waals surface area (Å²) < 4.78 is 1.93. The first kappa shape index (κ1) is 10.5. The molecule has 1 aromatic rings. The lowest BCUT2D eigenvalue weighted by Crippen LogP contribution is -1.94. The minimum Gasteiger partial charge on any atom is -0.131 e. The van der Waals surface area contributed by atoms with Crippen molar-refractivity contribution in [1.29, 1.82) is 0 Å². The molecule has 12 heavy (non-hydrogen) atoms. The zero-order chi connectivity index (χ0) is 8.97. The fourth-order valence-corrected chi connectivity index (χ4v) is 3.19. The van der Waals surface area contributed by atoms with Crippen molar-refractivity contribution < 1.29 is 0 Å². The molecule has 2 nitrogen and oxygen atoms in total. The molecule has 0 aliphatic heterocycles. The maximum atomic E-state index is 4.01. The molecule has 0 aliphatic carbocycles. The third-order valence-electron chi connectivity index (χ3n) is 1.57. The first-order valence-corrected chi connectivity index (χ1v) is 6.43. The van der Waals surface area contributed by atoms with E-state index in [-0.39, 0.29) is 0 Å². The molecule has 1 rings (SSSR count). The fraction of sp³-hybridized carbons (Fsp3) is 0.714. The average Bonchev–Trinajstić information content (AvgIpc) is 2.47. The van der Waals surface area contributed by atoms with E-state index in [2.05, 4.69) is 40.0 Å². The van der Waals surface area contributed by atoms with Gasteiger partial charge in [-0.3, -0.25) is 0 Å². The van der Waals surface area contributed by atoms with Gasteiger partial charge in [-0.25, -0.2) is 0 Å². The van der Waals surface area contributed by atoms with E-state index in [0.717, 1.165) is 19.9 Å². The summed E-state index contributed by atoms with van der Waals surface area (Å²) in [4.78, 5) is 0. The molecule has 0 spiro atoms. The maximum Gasteiger partial charge on any atom is 0.184 e. The Morgan fingerprint density at radius 1 is 1.58 bits per heavy atom. The van der Waals surface area contributed by atoms with Crippen LogP contribution in [0.2, 0.25) is 0 Å². The van der Waals surface area contributed by atoms with E-state index in [9.17, 15) is 0 Å². The van der Waals surface area contributed by atoms with E-state index in [1.807, 2.05) is 0 Å². The lowest BCUT2D eigenvalue weighted by molar-refractivity contribution is 0.636. The van der Waals surface area contributed by atoms with Crippen LogP contribution >= 0.6 is 39.0 Å². The van der Waals surface area contributed by atoms with Crippen LogP contribution in [0.5, 0.6) is 0 Å². The minimum absolute atomic E-state index is 0.762. The molecule has 0 aromatic carbocycles. The highest BCUT2D eigenvalue weighted by Crippen LogP contribution is 2.27. The van der Waals surface area contributed by atoms with E-state index in [1.54, 1.807) is 23.1 Å². The number of hydrogen-bond acceptors (Lipinski definition) is 4. The van der Waals surface area contributed by atoms with Crippen LogP contribution in [-0.4, -0.2) is 16.0 Å². The Bertz CT molecular complexity index is 239. The summed E-state index contributed by atoms with van der Waals surface area (Å²) in [5, 5.41) is 7.89. The highest BCUT2D eigenvalue weighted by molar-refractivity contribution is 9.11. The van der Waals surface area contributed by atoms with Crippen LogP contribution < -0.4 is 0 Å². The third kappa shape index (κ3) is 3.41. The standard InChI is InChI=1S/C7H11BrN2S2/c1-3-5(2)4-11-7-10-9-6(8)12-7/h5H,3-4H2,1-2H3. The van der Waals surface area contributed by atoms with Crippen LogP contribution in [0.4, 0.5) is 0 Å². The van der Waals surface area contributed by atoms with Gasteiger partial charge in [-0.15, -0.1) is 10.2 Å².